The molecule has 0 aliphatic carbocycles. The minimum Gasteiger partial charge on any atom is -0.444 e. The van der Waals surface area contributed by atoms with Crippen LogP contribution in [0.2, 0.25) is 0 Å². The van der Waals surface area contributed by atoms with Gasteiger partial charge in [0.05, 0.1) is 0 Å². The zero-order chi connectivity index (χ0) is 15.6. The fourth-order valence-corrected chi connectivity index (χ4v) is 2.63. The van der Waals surface area contributed by atoms with Crippen LogP contribution in [0.1, 0.15) is 44.2 Å². The lowest BCUT2D eigenvalue weighted by atomic mass is 9.86. The van der Waals surface area contributed by atoms with Crippen molar-refractivity contribution in [3.05, 3.63) is 35.4 Å². The van der Waals surface area contributed by atoms with E-state index in [0.29, 0.717) is 13.1 Å². The van der Waals surface area contributed by atoms with Crippen molar-refractivity contribution < 1.29 is 9.53 Å². The number of ether oxygens (including phenoxy) is 1. The summed E-state index contributed by atoms with van der Waals surface area (Å²) in [6, 6.07) is 8.49. The highest BCUT2D eigenvalue weighted by Crippen LogP contribution is 2.27. The zero-order valence-corrected chi connectivity index (χ0v) is 13.4. The van der Waals surface area contributed by atoms with Gasteiger partial charge in [-0.1, -0.05) is 29.8 Å². The number of aryl methyl sites for hydroxylation is 1. The van der Waals surface area contributed by atoms with E-state index in [4.69, 9.17) is 10.5 Å². The number of rotatable bonds is 1. The number of benzene rings is 1. The Balaban J connectivity index is 2.09. The van der Waals surface area contributed by atoms with Crippen LogP contribution in [-0.4, -0.2) is 35.7 Å². The predicted molar refractivity (Wildman–Crippen MR) is 84.3 cm³/mol. The third kappa shape index (κ3) is 4.21. The lowest BCUT2D eigenvalue weighted by Crippen LogP contribution is -2.49. The second kappa shape index (κ2) is 6.06. The van der Waals surface area contributed by atoms with Gasteiger partial charge in [0.2, 0.25) is 0 Å². The molecule has 2 atom stereocenters. The van der Waals surface area contributed by atoms with Gasteiger partial charge in [-0.15, -0.1) is 0 Å². The number of nitrogens with two attached hydrogens (primary N) is 1. The van der Waals surface area contributed by atoms with E-state index in [0.717, 1.165) is 6.42 Å². The van der Waals surface area contributed by atoms with Gasteiger partial charge in [-0.05, 0) is 39.7 Å². The van der Waals surface area contributed by atoms with Gasteiger partial charge in [-0.25, -0.2) is 4.79 Å². The van der Waals surface area contributed by atoms with E-state index in [-0.39, 0.29) is 18.1 Å². The van der Waals surface area contributed by atoms with Gasteiger partial charge in [-0.2, -0.15) is 0 Å². The van der Waals surface area contributed by atoms with Crippen LogP contribution in [0.5, 0.6) is 0 Å². The smallest absolute Gasteiger partial charge is 0.410 e. The third-order valence-electron chi connectivity index (χ3n) is 3.82. The molecule has 0 bridgehead atoms. The van der Waals surface area contributed by atoms with Crippen LogP contribution in [0, 0.1) is 6.92 Å². The quantitative estimate of drug-likeness (QED) is 0.865. The first-order valence-electron chi connectivity index (χ1n) is 7.56. The SMILES string of the molecule is Cc1ccc([C@H]2CN(C(=O)OC(C)(C)C)CC[C@H]2N)cc1. The Hall–Kier alpha value is -1.55. The van der Waals surface area contributed by atoms with E-state index in [9.17, 15) is 4.79 Å². The average Bonchev–Trinajstić information content (AvgIpc) is 2.38. The average molecular weight is 290 g/mol. The Kier molecular flexibility index (Phi) is 4.57. The number of amides is 1. The van der Waals surface area contributed by atoms with Crippen molar-refractivity contribution in [2.75, 3.05) is 13.1 Å². The van der Waals surface area contributed by atoms with E-state index < -0.39 is 5.60 Å². The Morgan fingerprint density at radius 1 is 1.29 bits per heavy atom. The molecule has 4 nitrogen and oxygen atoms in total. The first kappa shape index (κ1) is 15.8. The molecule has 1 aromatic rings. The van der Waals surface area contributed by atoms with Crippen molar-refractivity contribution >= 4 is 6.09 Å². The molecule has 1 aliphatic heterocycles. The summed E-state index contributed by atoms with van der Waals surface area (Å²) in [5, 5.41) is 0. The van der Waals surface area contributed by atoms with Crippen LogP contribution in [0.3, 0.4) is 0 Å². The van der Waals surface area contributed by atoms with Gasteiger partial charge in [0, 0.05) is 25.0 Å². The first-order valence-corrected chi connectivity index (χ1v) is 7.56. The molecule has 1 fully saturated rings. The van der Waals surface area contributed by atoms with E-state index in [1.807, 2.05) is 20.8 Å². The summed E-state index contributed by atoms with van der Waals surface area (Å²) in [4.78, 5) is 14.0. The number of likely N-dealkylation sites (tertiary alicyclic amines) is 1. The molecule has 1 amide bonds. The highest BCUT2D eigenvalue weighted by Gasteiger charge is 2.32. The highest BCUT2D eigenvalue weighted by molar-refractivity contribution is 5.68. The van der Waals surface area contributed by atoms with Crippen molar-refractivity contribution in [3.63, 3.8) is 0 Å². The van der Waals surface area contributed by atoms with Gasteiger partial charge in [0.1, 0.15) is 5.60 Å². The van der Waals surface area contributed by atoms with E-state index >= 15 is 0 Å². The molecule has 0 radical (unpaired) electrons. The maximum absolute atomic E-state index is 12.2. The van der Waals surface area contributed by atoms with E-state index in [2.05, 4.69) is 31.2 Å². The van der Waals surface area contributed by atoms with Crippen LogP contribution >= 0.6 is 0 Å². The third-order valence-corrected chi connectivity index (χ3v) is 3.82. The minimum atomic E-state index is -0.462. The molecule has 0 unspecified atom stereocenters. The molecule has 1 heterocycles. The van der Waals surface area contributed by atoms with Crippen molar-refractivity contribution in [1.29, 1.82) is 0 Å². The maximum Gasteiger partial charge on any atom is 0.410 e. The molecule has 0 spiro atoms. The topological polar surface area (TPSA) is 55.6 Å². The summed E-state index contributed by atoms with van der Waals surface area (Å²) in [6.07, 6.45) is 0.559. The molecule has 0 saturated carbocycles. The summed E-state index contributed by atoms with van der Waals surface area (Å²) in [6.45, 7) is 9.02. The molecule has 1 saturated heterocycles. The van der Waals surface area contributed by atoms with Crippen LogP contribution in [0.15, 0.2) is 24.3 Å². The summed E-state index contributed by atoms with van der Waals surface area (Å²) < 4.78 is 5.46. The van der Waals surface area contributed by atoms with Gasteiger partial charge in [-0.3, -0.25) is 0 Å². The molecule has 4 heteroatoms. The number of nitrogens with zero attached hydrogens (tertiary/aromatic N) is 1. The fourth-order valence-electron chi connectivity index (χ4n) is 2.63. The normalized spacial score (nSPS) is 23.0. The van der Waals surface area contributed by atoms with Crippen molar-refractivity contribution in [2.45, 2.75) is 51.7 Å². The number of carbonyl (C=O) groups is 1. The highest BCUT2D eigenvalue weighted by atomic mass is 16.6. The predicted octanol–water partition coefficient (Wildman–Crippen LogP) is 3.05. The zero-order valence-electron chi connectivity index (χ0n) is 13.4. The molecular formula is C17H26N2O2. The first-order chi connectivity index (χ1) is 9.76. The Labute approximate surface area is 127 Å². The maximum atomic E-state index is 12.2. The van der Waals surface area contributed by atoms with Gasteiger partial charge in [0.15, 0.2) is 0 Å². The van der Waals surface area contributed by atoms with Gasteiger partial charge >= 0.3 is 6.09 Å². The number of carbonyl (C=O) groups excluding carboxylic acids is 1. The lowest BCUT2D eigenvalue weighted by molar-refractivity contribution is 0.0186. The van der Waals surface area contributed by atoms with E-state index in [1.54, 1.807) is 4.90 Å². The summed E-state index contributed by atoms with van der Waals surface area (Å²) in [7, 11) is 0. The second-order valence-electron chi connectivity index (χ2n) is 6.90. The fraction of sp³-hybridized carbons (Fsp3) is 0.588. The van der Waals surface area contributed by atoms with Gasteiger partial charge < -0.3 is 15.4 Å². The molecular weight excluding hydrogens is 264 g/mol. The molecule has 2 rings (SSSR count). The lowest BCUT2D eigenvalue weighted by Gasteiger charge is -2.37. The molecule has 2 N–H and O–H groups in total. The van der Waals surface area contributed by atoms with Crippen LogP contribution in [-0.2, 0) is 4.74 Å². The number of hydrogen-bond donors (Lipinski definition) is 1. The summed E-state index contributed by atoms with van der Waals surface area (Å²) in [5.41, 5.74) is 8.22. The van der Waals surface area contributed by atoms with Crippen molar-refractivity contribution in [1.82, 2.24) is 4.90 Å². The Morgan fingerprint density at radius 2 is 1.90 bits per heavy atom. The molecule has 1 aromatic carbocycles. The Bertz CT molecular complexity index is 491. The monoisotopic (exact) mass is 290 g/mol. The Morgan fingerprint density at radius 3 is 2.48 bits per heavy atom. The van der Waals surface area contributed by atoms with Crippen LogP contribution in [0.25, 0.3) is 0 Å². The van der Waals surface area contributed by atoms with Crippen LogP contribution in [0.4, 0.5) is 4.79 Å². The number of hydrogen-bond acceptors (Lipinski definition) is 3. The second-order valence-corrected chi connectivity index (χ2v) is 6.90. The molecule has 0 aromatic heterocycles. The molecule has 21 heavy (non-hydrogen) atoms. The molecule has 116 valence electrons. The minimum absolute atomic E-state index is 0.0893. The van der Waals surface area contributed by atoms with E-state index in [1.165, 1.54) is 11.1 Å². The summed E-state index contributed by atoms with van der Waals surface area (Å²) in [5.74, 6) is 0.173. The standard InChI is InChI=1S/C17H26N2O2/c1-12-5-7-13(8-6-12)14-11-19(10-9-15(14)18)16(20)21-17(2,3)4/h5-8,14-15H,9-11,18H2,1-4H3/t14-,15-/m1/s1. The number of piperidine rings is 1. The summed E-state index contributed by atoms with van der Waals surface area (Å²) >= 11 is 0. The van der Waals surface area contributed by atoms with Gasteiger partial charge in [0.25, 0.3) is 0 Å². The van der Waals surface area contributed by atoms with Crippen molar-refractivity contribution in [2.24, 2.45) is 5.73 Å². The van der Waals surface area contributed by atoms with Crippen LogP contribution < -0.4 is 5.73 Å². The van der Waals surface area contributed by atoms with Crippen molar-refractivity contribution in [3.8, 4) is 0 Å². The largest absolute Gasteiger partial charge is 0.444 e. The molecule has 1 aliphatic rings.